The summed E-state index contributed by atoms with van der Waals surface area (Å²) in [5.74, 6) is 1.37. The van der Waals surface area contributed by atoms with Crippen molar-refractivity contribution in [1.29, 1.82) is 5.26 Å². The molecule has 2 aromatic heterocycles. The van der Waals surface area contributed by atoms with E-state index in [2.05, 4.69) is 26.7 Å². The molecule has 3 rings (SSSR count). The van der Waals surface area contributed by atoms with Gasteiger partial charge in [-0.3, -0.25) is 4.79 Å². The number of nitrogens with one attached hydrogen (secondary N) is 2. The van der Waals surface area contributed by atoms with E-state index in [0.717, 1.165) is 35.5 Å². The van der Waals surface area contributed by atoms with E-state index in [9.17, 15) is 10.1 Å². The zero-order valence-electron chi connectivity index (χ0n) is 17.6. The maximum absolute atomic E-state index is 10.9. The van der Waals surface area contributed by atoms with Gasteiger partial charge in [0.2, 0.25) is 17.7 Å². The molecule has 31 heavy (non-hydrogen) atoms. The number of amides is 1. The zero-order chi connectivity index (χ0) is 22.1. The van der Waals surface area contributed by atoms with Crippen LogP contribution in [-0.4, -0.2) is 29.0 Å². The molecule has 8 heteroatoms. The van der Waals surface area contributed by atoms with Crippen LogP contribution in [0, 0.1) is 18.3 Å². The number of ether oxygens (including phenoxy) is 1. The molecule has 0 fully saturated rings. The fraction of sp³-hybridized carbons (Fsp3) is 0.304. The Labute approximate surface area is 181 Å². The van der Waals surface area contributed by atoms with E-state index in [4.69, 9.17) is 9.15 Å². The summed E-state index contributed by atoms with van der Waals surface area (Å²) in [5, 5.41) is 15.7. The van der Waals surface area contributed by atoms with Gasteiger partial charge in [0.15, 0.2) is 6.61 Å². The number of pyridine rings is 1. The molecule has 3 aromatic rings. The summed E-state index contributed by atoms with van der Waals surface area (Å²) in [6.07, 6.45) is 2.44. The van der Waals surface area contributed by atoms with Crippen molar-refractivity contribution >= 4 is 5.91 Å². The normalized spacial score (nSPS) is 10.5. The minimum atomic E-state index is -0.0286. The van der Waals surface area contributed by atoms with E-state index in [0.29, 0.717) is 24.5 Å². The first-order chi connectivity index (χ1) is 15.1. The number of oxazole rings is 1. The third kappa shape index (κ3) is 6.14. The number of hydrogen-bond donors (Lipinski definition) is 2. The number of hydrogen-bond acceptors (Lipinski definition) is 7. The van der Waals surface area contributed by atoms with Gasteiger partial charge >= 0.3 is 0 Å². The van der Waals surface area contributed by atoms with Crippen molar-refractivity contribution in [2.45, 2.75) is 33.4 Å². The molecule has 0 bridgehead atoms. The lowest BCUT2D eigenvalue weighted by atomic mass is 10.0. The number of nitriles is 1. The van der Waals surface area contributed by atoms with E-state index in [1.165, 1.54) is 6.92 Å². The second-order valence-corrected chi connectivity index (χ2v) is 6.93. The fourth-order valence-electron chi connectivity index (χ4n) is 3.04. The molecule has 1 aromatic carbocycles. The molecule has 0 spiro atoms. The van der Waals surface area contributed by atoms with Crippen LogP contribution in [0.2, 0.25) is 0 Å². The van der Waals surface area contributed by atoms with Gasteiger partial charge in [-0.25, -0.2) is 9.97 Å². The molecule has 0 aliphatic carbocycles. The SMILES string of the molecule is CC(=O)NCCCNCc1oc(COc2nccc(-c3ccccc3)c2C#N)nc1C. The van der Waals surface area contributed by atoms with E-state index < -0.39 is 0 Å². The average molecular weight is 419 g/mol. The molecule has 0 aliphatic rings. The third-order valence-electron chi connectivity index (χ3n) is 4.57. The van der Waals surface area contributed by atoms with Gasteiger partial charge in [-0.2, -0.15) is 5.26 Å². The molecular formula is C23H25N5O3. The zero-order valence-corrected chi connectivity index (χ0v) is 17.6. The largest absolute Gasteiger partial charge is 0.467 e. The number of carbonyl (C=O) groups is 1. The van der Waals surface area contributed by atoms with Gasteiger partial charge in [-0.1, -0.05) is 30.3 Å². The van der Waals surface area contributed by atoms with Gasteiger partial charge in [-0.05, 0) is 31.5 Å². The Hall–Kier alpha value is -3.70. The van der Waals surface area contributed by atoms with Gasteiger partial charge < -0.3 is 19.8 Å². The Balaban J connectivity index is 1.59. The second kappa shape index (κ2) is 10.9. The summed E-state index contributed by atoms with van der Waals surface area (Å²) in [6.45, 7) is 5.35. The minimum Gasteiger partial charge on any atom is -0.467 e. The Morgan fingerprint density at radius 3 is 2.77 bits per heavy atom. The van der Waals surface area contributed by atoms with Crippen molar-refractivity contribution in [3.8, 4) is 23.1 Å². The highest BCUT2D eigenvalue weighted by Crippen LogP contribution is 2.28. The van der Waals surface area contributed by atoms with Crippen LogP contribution in [0.4, 0.5) is 0 Å². The average Bonchev–Trinajstić information content (AvgIpc) is 3.14. The molecule has 2 N–H and O–H groups in total. The number of aryl methyl sites for hydroxylation is 1. The summed E-state index contributed by atoms with van der Waals surface area (Å²) in [5.41, 5.74) is 2.84. The second-order valence-electron chi connectivity index (χ2n) is 6.93. The monoisotopic (exact) mass is 419 g/mol. The van der Waals surface area contributed by atoms with Crippen molar-refractivity contribution in [3.05, 3.63) is 65.5 Å². The quantitative estimate of drug-likeness (QED) is 0.485. The predicted molar refractivity (Wildman–Crippen MR) is 115 cm³/mol. The topological polar surface area (TPSA) is 113 Å². The maximum Gasteiger partial charge on any atom is 0.232 e. The Bertz CT molecular complexity index is 1060. The van der Waals surface area contributed by atoms with Crippen molar-refractivity contribution in [2.75, 3.05) is 13.1 Å². The molecule has 0 unspecified atom stereocenters. The van der Waals surface area contributed by atoms with Crippen molar-refractivity contribution in [1.82, 2.24) is 20.6 Å². The van der Waals surface area contributed by atoms with Crippen molar-refractivity contribution in [3.63, 3.8) is 0 Å². The smallest absolute Gasteiger partial charge is 0.232 e. The van der Waals surface area contributed by atoms with E-state index in [1.54, 1.807) is 12.3 Å². The summed E-state index contributed by atoms with van der Waals surface area (Å²) in [4.78, 5) is 19.5. The molecule has 0 atom stereocenters. The van der Waals surface area contributed by atoms with Gasteiger partial charge in [0.25, 0.3) is 0 Å². The Morgan fingerprint density at radius 2 is 2.03 bits per heavy atom. The Kier molecular flexibility index (Phi) is 7.73. The van der Waals surface area contributed by atoms with Crippen LogP contribution in [0.25, 0.3) is 11.1 Å². The number of nitrogens with zero attached hydrogens (tertiary/aromatic N) is 3. The third-order valence-corrected chi connectivity index (χ3v) is 4.57. The molecule has 8 nitrogen and oxygen atoms in total. The first-order valence-corrected chi connectivity index (χ1v) is 10.1. The van der Waals surface area contributed by atoms with Crippen LogP contribution < -0.4 is 15.4 Å². The first kappa shape index (κ1) is 22.0. The highest BCUT2D eigenvalue weighted by atomic mass is 16.5. The lowest BCUT2D eigenvalue weighted by Gasteiger charge is -2.09. The van der Waals surface area contributed by atoms with E-state index in [1.807, 2.05) is 37.3 Å². The number of rotatable bonds is 10. The van der Waals surface area contributed by atoms with Gasteiger partial charge in [0.1, 0.15) is 17.4 Å². The highest BCUT2D eigenvalue weighted by Gasteiger charge is 2.15. The van der Waals surface area contributed by atoms with E-state index >= 15 is 0 Å². The number of aromatic nitrogens is 2. The first-order valence-electron chi connectivity index (χ1n) is 10.1. The van der Waals surface area contributed by atoms with Crippen molar-refractivity contribution < 1.29 is 13.9 Å². The van der Waals surface area contributed by atoms with Crippen LogP contribution in [0.5, 0.6) is 5.88 Å². The molecule has 0 radical (unpaired) electrons. The van der Waals surface area contributed by atoms with Crippen LogP contribution in [-0.2, 0) is 17.9 Å². The maximum atomic E-state index is 10.9. The number of benzene rings is 1. The van der Waals surface area contributed by atoms with Crippen LogP contribution >= 0.6 is 0 Å². The van der Waals surface area contributed by atoms with Gasteiger partial charge in [-0.15, -0.1) is 0 Å². The van der Waals surface area contributed by atoms with Gasteiger partial charge in [0, 0.05) is 25.2 Å². The molecule has 0 saturated heterocycles. The molecular weight excluding hydrogens is 394 g/mol. The predicted octanol–water partition coefficient (Wildman–Crippen LogP) is 3.11. The summed E-state index contributed by atoms with van der Waals surface area (Å²) < 4.78 is 11.6. The number of carbonyl (C=O) groups excluding carboxylic acids is 1. The summed E-state index contributed by atoms with van der Waals surface area (Å²) in [7, 11) is 0. The Morgan fingerprint density at radius 1 is 1.23 bits per heavy atom. The molecule has 1 amide bonds. The lowest BCUT2D eigenvalue weighted by Crippen LogP contribution is -2.25. The minimum absolute atomic E-state index is 0.0286. The summed E-state index contributed by atoms with van der Waals surface area (Å²) >= 11 is 0. The molecule has 0 saturated carbocycles. The highest BCUT2D eigenvalue weighted by molar-refractivity contribution is 5.73. The fourth-order valence-corrected chi connectivity index (χ4v) is 3.04. The van der Waals surface area contributed by atoms with Gasteiger partial charge in [0.05, 0.1) is 12.2 Å². The van der Waals surface area contributed by atoms with E-state index in [-0.39, 0.29) is 18.4 Å². The lowest BCUT2D eigenvalue weighted by molar-refractivity contribution is -0.118. The summed E-state index contributed by atoms with van der Waals surface area (Å²) in [6, 6.07) is 13.6. The standard InChI is InChI=1S/C23H25N5O3/c1-16-21(14-25-10-6-11-26-17(2)29)31-22(28-16)15-30-23-20(13-24)19(9-12-27-23)18-7-4-3-5-8-18/h3-5,7-9,12,25H,6,10-11,14-15H2,1-2H3,(H,26,29). The van der Waals surface area contributed by atoms with Crippen LogP contribution in [0.3, 0.4) is 0 Å². The molecule has 160 valence electrons. The van der Waals surface area contributed by atoms with Crippen LogP contribution in [0.1, 0.15) is 36.3 Å². The van der Waals surface area contributed by atoms with Crippen molar-refractivity contribution in [2.24, 2.45) is 0 Å². The van der Waals surface area contributed by atoms with Crippen LogP contribution in [0.15, 0.2) is 47.0 Å². The molecule has 2 heterocycles. The molecule has 0 aliphatic heterocycles.